The Kier molecular flexibility index (Phi) is 6.17. The highest BCUT2D eigenvalue weighted by atomic mass is 19.2. The number of piperidine rings is 1. The van der Waals surface area contributed by atoms with Crippen molar-refractivity contribution in [3.63, 3.8) is 0 Å². The Morgan fingerprint density at radius 3 is 2.61 bits per heavy atom. The third-order valence-corrected chi connectivity index (χ3v) is 4.34. The lowest BCUT2D eigenvalue weighted by molar-refractivity contribution is 0.0983. The molecule has 1 aromatic carbocycles. The number of ether oxygens (including phenoxy) is 1. The molecule has 0 aliphatic carbocycles. The van der Waals surface area contributed by atoms with Crippen LogP contribution >= 0.6 is 0 Å². The molecule has 2 aromatic rings. The number of amides is 1. The third kappa shape index (κ3) is 4.62. The van der Waals surface area contributed by atoms with Crippen molar-refractivity contribution < 1.29 is 22.7 Å². The topological polar surface area (TPSA) is 79.4 Å². The Bertz CT molecular complexity index is 844. The van der Waals surface area contributed by atoms with Gasteiger partial charge in [0.05, 0.1) is 12.3 Å². The number of carbonyl (C=O) groups is 1. The molecule has 1 amide bonds. The molecule has 28 heavy (non-hydrogen) atoms. The van der Waals surface area contributed by atoms with Crippen LogP contribution in [-0.4, -0.2) is 46.7 Å². The van der Waals surface area contributed by atoms with Gasteiger partial charge in [-0.15, -0.1) is 0 Å². The maximum Gasteiger partial charge on any atom is 0.409 e. The monoisotopic (exact) mass is 395 g/mol. The van der Waals surface area contributed by atoms with Gasteiger partial charge < -0.3 is 20.3 Å². The molecule has 1 saturated heterocycles. The Labute approximate surface area is 159 Å². The minimum absolute atomic E-state index is 0.0911. The van der Waals surface area contributed by atoms with Crippen LogP contribution in [0.3, 0.4) is 0 Å². The van der Waals surface area contributed by atoms with Crippen molar-refractivity contribution >= 4 is 23.4 Å². The Hall–Kier alpha value is -3.04. The summed E-state index contributed by atoms with van der Waals surface area (Å²) in [5, 5.41) is 5.85. The van der Waals surface area contributed by atoms with E-state index in [0.29, 0.717) is 38.4 Å². The lowest BCUT2D eigenvalue weighted by atomic mass is 10.1. The molecule has 0 bridgehead atoms. The number of rotatable bonds is 5. The number of benzene rings is 1. The van der Waals surface area contributed by atoms with E-state index >= 15 is 0 Å². The van der Waals surface area contributed by atoms with Gasteiger partial charge in [-0.25, -0.2) is 27.9 Å². The van der Waals surface area contributed by atoms with Gasteiger partial charge in [0.2, 0.25) is 0 Å². The van der Waals surface area contributed by atoms with Crippen LogP contribution in [-0.2, 0) is 4.74 Å². The average molecular weight is 395 g/mol. The van der Waals surface area contributed by atoms with Crippen molar-refractivity contribution in [2.75, 3.05) is 30.3 Å². The normalized spacial score (nSPS) is 14.6. The predicted molar refractivity (Wildman–Crippen MR) is 96.9 cm³/mol. The molecule has 2 heterocycles. The minimum atomic E-state index is -1.55. The molecular formula is C18H20F3N5O2. The highest BCUT2D eigenvalue weighted by molar-refractivity contribution is 5.67. The van der Waals surface area contributed by atoms with Gasteiger partial charge >= 0.3 is 6.09 Å². The molecule has 0 saturated carbocycles. The fraction of sp³-hybridized carbons (Fsp3) is 0.389. The number of hydrogen-bond donors (Lipinski definition) is 2. The Morgan fingerprint density at radius 1 is 1.18 bits per heavy atom. The van der Waals surface area contributed by atoms with E-state index in [1.807, 2.05) is 0 Å². The van der Waals surface area contributed by atoms with Gasteiger partial charge in [-0.2, -0.15) is 0 Å². The van der Waals surface area contributed by atoms with Crippen LogP contribution in [0, 0.1) is 17.5 Å². The second-order valence-electron chi connectivity index (χ2n) is 6.24. The van der Waals surface area contributed by atoms with Crippen molar-refractivity contribution in [1.82, 2.24) is 14.9 Å². The largest absolute Gasteiger partial charge is 0.450 e. The minimum Gasteiger partial charge on any atom is -0.450 e. The first kappa shape index (κ1) is 19.7. The zero-order valence-electron chi connectivity index (χ0n) is 15.2. The van der Waals surface area contributed by atoms with Gasteiger partial charge in [-0.05, 0) is 31.9 Å². The average Bonchev–Trinajstić information content (AvgIpc) is 2.69. The second kappa shape index (κ2) is 8.77. The quantitative estimate of drug-likeness (QED) is 0.752. The summed E-state index contributed by atoms with van der Waals surface area (Å²) >= 11 is 0. The summed E-state index contributed by atoms with van der Waals surface area (Å²) in [6.45, 7) is 3.23. The summed E-state index contributed by atoms with van der Waals surface area (Å²) in [6, 6.07) is 3.55. The summed E-state index contributed by atoms with van der Waals surface area (Å²) in [7, 11) is 0. The number of carbonyl (C=O) groups excluding carboxylic acids is 1. The molecule has 1 aliphatic heterocycles. The van der Waals surface area contributed by atoms with E-state index in [0.717, 1.165) is 12.1 Å². The first-order valence-corrected chi connectivity index (χ1v) is 8.88. The van der Waals surface area contributed by atoms with Crippen LogP contribution in [0.2, 0.25) is 0 Å². The molecule has 1 fully saturated rings. The number of hydrogen-bond acceptors (Lipinski definition) is 6. The fourth-order valence-electron chi connectivity index (χ4n) is 2.90. The molecule has 0 atom stereocenters. The maximum absolute atomic E-state index is 13.8. The number of likely N-dealkylation sites (tertiary alicyclic amines) is 1. The van der Waals surface area contributed by atoms with Gasteiger partial charge in [-0.3, -0.25) is 0 Å². The van der Waals surface area contributed by atoms with Gasteiger partial charge in [0.25, 0.3) is 0 Å². The number of nitrogens with one attached hydrogen (secondary N) is 2. The summed E-state index contributed by atoms with van der Waals surface area (Å²) in [5.41, 5.74) is -0.230. The van der Waals surface area contributed by atoms with E-state index in [1.54, 1.807) is 17.9 Å². The molecule has 1 aromatic heterocycles. The highest BCUT2D eigenvalue weighted by Crippen LogP contribution is 2.24. The van der Waals surface area contributed by atoms with Crippen molar-refractivity contribution in [1.29, 1.82) is 0 Å². The van der Waals surface area contributed by atoms with Crippen molar-refractivity contribution in [3.05, 3.63) is 42.0 Å². The van der Waals surface area contributed by atoms with E-state index < -0.39 is 17.5 Å². The van der Waals surface area contributed by atoms with Gasteiger partial charge in [-0.1, -0.05) is 0 Å². The summed E-state index contributed by atoms with van der Waals surface area (Å²) in [5.74, 6) is -3.41. The number of aromatic nitrogens is 2. The predicted octanol–water partition coefficient (Wildman–Crippen LogP) is 3.67. The van der Waals surface area contributed by atoms with Crippen molar-refractivity contribution in [2.24, 2.45) is 0 Å². The van der Waals surface area contributed by atoms with Crippen LogP contribution in [0.4, 0.5) is 35.3 Å². The van der Waals surface area contributed by atoms with Crippen LogP contribution in [0.25, 0.3) is 0 Å². The standard InChI is InChI=1S/C18H20F3N5O2/c1-2-28-18(27)26-7-5-11(6-8-26)24-14-9-15(23-10-22-14)25-13-4-3-12(19)16(20)17(13)21/h3-4,9-11H,2,5-8H2,1H3,(H2,22,23,24,25). The first-order valence-electron chi connectivity index (χ1n) is 8.88. The smallest absolute Gasteiger partial charge is 0.409 e. The molecule has 0 unspecified atom stereocenters. The number of halogens is 3. The summed E-state index contributed by atoms with van der Waals surface area (Å²) in [6.07, 6.45) is 2.38. The molecule has 0 radical (unpaired) electrons. The maximum atomic E-state index is 13.8. The molecule has 7 nitrogen and oxygen atoms in total. The third-order valence-electron chi connectivity index (χ3n) is 4.34. The lowest BCUT2D eigenvalue weighted by Crippen LogP contribution is -2.42. The van der Waals surface area contributed by atoms with Crippen molar-refractivity contribution in [2.45, 2.75) is 25.8 Å². The van der Waals surface area contributed by atoms with Crippen LogP contribution < -0.4 is 10.6 Å². The van der Waals surface area contributed by atoms with Crippen LogP contribution in [0.1, 0.15) is 19.8 Å². The molecule has 10 heteroatoms. The number of nitrogens with zero attached hydrogens (tertiary/aromatic N) is 3. The molecule has 2 N–H and O–H groups in total. The molecule has 150 valence electrons. The first-order chi connectivity index (χ1) is 13.5. The Balaban J connectivity index is 1.60. The van der Waals surface area contributed by atoms with Crippen molar-refractivity contribution in [3.8, 4) is 0 Å². The van der Waals surface area contributed by atoms with Crippen LogP contribution in [0.15, 0.2) is 24.5 Å². The van der Waals surface area contributed by atoms with Gasteiger partial charge in [0, 0.05) is 25.2 Å². The fourth-order valence-corrected chi connectivity index (χ4v) is 2.90. The number of anilines is 3. The second-order valence-corrected chi connectivity index (χ2v) is 6.24. The van der Waals surface area contributed by atoms with E-state index in [-0.39, 0.29) is 23.6 Å². The molecule has 3 rings (SSSR count). The van der Waals surface area contributed by atoms with Gasteiger partial charge in [0.15, 0.2) is 17.5 Å². The highest BCUT2D eigenvalue weighted by Gasteiger charge is 2.23. The zero-order valence-corrected chi connectivity index (χ0v) is 15.2. The molecule has 0 spiro atoms. The molecule has 1 aliphatic rings. The summed E-state index contributed by atoms with van der Waals surface area (Å²) in [4.78, 5) is 21.5. The lowest BCUT2D eigenvalue weighted by Gasteiger charge is -2.31. The van der Waals surface area contributed by atoms with E-state index in [9.17, 15) is 18.0 Å². The Morgan fingerprint density at radius 2 is 1.89 bits per heavy atom. The van der Waals surface area contributed by atoms with Crippen LogP contribution in [0.5, 0.6) is 0 Å². The SMILES string of the molecule is CCOC(=O)N1CCC(Nc2cc(Nc3ccc(F)c(F)c3F)ncn2)CC1. The van der Waals surface area contributed by atoms with E-state index in [4.69, 9.17) is 4.74 Å². The van der Waals surface area contributed by atoms with E-state index in [2.05, 4.69) is 20.6 Å². The summed E-state index contributed by atoms with van der Waals surface area (Å²) < 4.78 is 45.2. The van der Waals surface area contributed by atoms with E-state index in [1.165, 1.54) is 6.33 Å². The molecular weight excluding hydrogens is 375 g/mol. The zero-order chi connectivity index (χ0) is 20.1. The van der Waals surface area contributed by atoms with Gasteiger partial charge in [0.1, 0.15) is 18.0 Å².